The van der Waals surface area contributed by atoms with Gasteiger partial charge in [-0.25, -0.2) is 0 Å². The lowest BCUT2D eigenvalue weighted by molar-refractivity contribution is 1.28. The van der Waals surface area contributed by atoms with E-state index in [9.17, 15) is 0 Å². The summed E-state index contributed by atoms with van der Waals surface area (Å²) in [6.45, 7) is 6.41. The van der Waals surface area contributed by atoms with Crippen LogP contribution < -0.4 is 0 Å². The molecule has 3 heteroatoms. The molecule has 2 rings (SSSR count). The fraction of sp³-hybridized carbons (Fsp3) is 0.250. The van der Waals surface area contributed by atoms with E-state index in [2.05, 4.69) is 43.3 Å². The highest BCUT2D eigenvalue weighted by Gasteiger charge is 2.07. The van der Waals surface area contributed by atoms with Crippen molar-refractivity contribution in [3.05, 3.63) is 38.2 Å². The van der Waals surface area contributed by atoms with E-state index in [0.29, 0.717) is 0 Å². The molecule has 0 saturated heterocycles. The van der Waals surface area contributed by atoms with Crippen LogP contribution in [0.5, 0.6) is 0 Å². The Morgan fingerprint density at radius 2 is 1.73 bits per heavy atom. The molecule has 0 amide bonds. The van der Waals surface area contributed by atoms with E-state index in [1.807, 2.05) is 0 Å². The number of H-pyrrole nitrogens is 1. The summed E-state index contributed by atoms with van der Waals surface area (Å²) in [6, 6.07) is 4.41. The molecule has 1 nitrogen and oxygen atoms in total. The molecule has 0 saturated carbocycles. The minimum Gasteiger partial charge on any atom is -0.337 e. The van der Waals surface area contributed by atoms with Crippen LogP contribution in [0.1, 0.15) is 16.7 Å². The van der Waals surface area contributed by atoms with E-state index in [-0.39, 0.29) is 0 Å². The Bertz CT molecular complexity index is 526. The van der Waals surface area contributed by atoms with Crippen molar-refractivity contribution in [1.82, 2.24) is 4.98 Å². The Kier molecular flexibility index (Phi) is 2.76. The van der Waals surface area contributed by atoms with Crippen molar-refractivity contribution in [2.24, 2.45) is 0 Å². The minimum atomic E-state index is 0.837. The molecule has 1 aromatic carbocycles. The van der Waals surface area contributed by atoms with Crippen molar-refractivity contribution in [2.45, 2.75) is 20.8 Å². The number of benzene rings is 1. The van der Waals surface area contributed by atoms with Gasteiger partial charge in [0, 0.05) is 10.9 Å². The van der Waals surface area contributed by atoms with Crippen LogP contribution in [0.15, 0.2) is 17.5 Å². The molecule has 2 aromatic rings. The molecule has 1 aromatic heterocycles. The van der Waals surface area contributed by atoms with Gasteiger partial charge in [-0.05, 0) is 44.1 Å². The fourth-order valence-corrected chi connectivity index (χ4v) is 2.83. The van der Waals surface area contributed by atoms with E-state index < -0.39 is 0 Å². The number of rotatable bonds is 1. The zero-order valence-corrected chi connectivity index (χ0v) is 10.7. The van der Waals surface area contributed by atoms with Gasteiger partial charge in [-0.3, -0.25) is 0 Å². The zero-order valence-electron chi connectivity index (χ0n) is 9.05. The summed E-state index contributed by atoms with van der Waals surface area (Å²) in [4.78, 5) is 3.23. The molecule has 0 spiro atoms. The lowest BCUT2D eigenvalue weighted by atomic mass is 9.98. The van der Waals surface area contributed by atoms with Crippen molar-refractivity contribution in [3.8, 4) is 11.3 Å². The largest absolute Gasteiger partial charge is 0.337 e. The van der Waals surface area contributed by atoms with Gasteiger partial charge in [-0.15, -0.1) is 11.3 Å². The maximum absolute atomic E-state index is 5.11. The third-order valence-corrected chi connectivity index (χ3v) is 3.53. The lowest BCUT2D eigenvalue weighted by Crippen LogP contribution is -1.89. The molecular weight excluding hydrogens is 222 g/mol. The van der Waals surface area contributed by atoms with Crippen molar-refractivity contribution >= 4 is 23.6 Å². The summed E-state index contributed by atoms with van der Waals surface area (Å²) in [5, 5.41) is 2.09. The predicted molar refractivity (Wildman–Crippen MR) is 69.2 cm³/mol. The maximum atomic E-state index is 5.11. The van der Waals surface area contributed by atoms with E-state index in [1.165, 1.54) is 22.3 Å². The van der Waals surface area contributed by atoms with Crippen LogP contribution in [-0.2, 0) is 0 Å². The zero-order chi connectivity index (χ0) is 11.0. The summed E-state index contributed by atoms with van der Waals surface area (Å²) in [7, 11) is 0. The van der Waals surface area contributed by atoms with Crippen LogP contribution in [0.25, 0.3) is 11.3 Å². The first-order chi connectivity index (χ1) is 7.08. The summed E-state index contributed by atoms with van der Waals surface area (Å²) in [6.07, 6.45) is 0. The summed E-state index contributed by atoms with van der Waals surface area (Å²) in [5.74, 6) is 0. The number of hydrogen-bond acceptors (Lipinski definition) is 2. The lowest BCUT2D eigenvalue weighted by Gasteiger charge is -2.09. The SMILES string of the molecule is Cc1cc(C)c(-c2csc(=S)[nH]2)c(C)c1. The van der Waals surface area contributed by atoms with Gasteiger partial charge in [0.1, 0.15) is 0 Å². The van der Waals surface area contributed by atoms with Gasteiger partial charge in [0.15, 0.2) is 3.95 Å². The molecule has 0 radical (unpaired) electrons. The second-order valence-corrected chi connectivity index (χ2v) is 5.38. The predicted octanol–water partition coefficient (Wildman–Crippen LogP) is 4.40. The van der Waals surface area contributed by atoms with Crippen molar-refractivity contribution in [3.63, 3.8) is 0 Å². The minimum absolute atomic E-state index is 0.837. The number of aryl methyl sites for hydroxylation is 3. The molecular formula is C12H13NS2. The first-order valence-corrected chi connectivity index (χ1v) is 6.13. The normalized spacial score (nSPS) is 10.6. The highest BCUT2D eigenvalue weighted by molar-refractivity contribution is 7.73. The first-order valence-electron chi connectivity index (χ1n) is 4.84. The molecule has 0 aliphatic carbocycles. The van der Waals surface area contributed by atoms with E-state index >= 15 is 0 Å². The molecule has 1 N–H and O–H groups in total. The Labute approximate surface area is 98.8 Å². The number of hydrogen-bond donors (Lipinski definition) is 1. The summed E-state index contributed by atoms with van der Waals surface area (Å²) in [5.41, 5.74) is 6.34. The van der Waals surface area contributed by atoms with Gasteiger partial charge in [0.2, 0.25) is 0 Å². The van der Waals surface area contributed by atoms with E-state index in [1.54, 1.807) is 11.3 Å². The number of aromatic amines is 1. The van der Waals surface area contributed by atoms with Gasteiger partial charge in [-0.1, -0.05) is 17.7 Å². The first kappa shape index (κ1) is 10.6. The molecule has 0 bridgehead atoms. The Balaban J connectivity index is 2.67. The van der Waals surface area contributed by atoms with Gasteiger partial charge in [-0.2, -0.15) is 0 Å². The Hall–Kier alpha value is -0.930. The van der Waals surface area contributed by atoms with Crippen LogP contribution in [-0.4, -0.2) is 4.98 Å². The third-order valence-electron chi connectivity index (χ3n) is 2.47. The maximum Gasteiger partial charge on any atom is 0.158 e. The quantitative estimate of drug-likeness (QED) is 0.724. The molecule has 0 unspecified atom stereocenters. The molecule has 0 fully saturated rings. The molecule has 78 valence electrons. The van der Waals surface area contributed by atoms with E-state index in [0.717, 1.165) is 9.65 Å². The topological polar surface area (TPSA) is 15.8 Å². The van der Waals surface area contributed by atoms with Crippen LogP contribution in [0, 0.1) is 24.7 Å². The van der Waals surface area contributed by atoms with Gasteiger partial charge < -0.3 is 4.98 Å². The van der Waals surface area contributed by atoms with Crippen molar-refractivity contribution in [2.75, 3.05) is 0 Å². The third kappa shape index (κ3) is 2.03. The van der Waals surface area contributed by atoms with E-state index in [4.69, 9.17) is 12.2 Å². The highest BCUT2D eigenvalue weighted by atomic mass is 32.1. The summed E-state index contributed by atoms with van der Waals surface area (Å²) >= 11 is 6.69. The van der Waals surface area contributed by atoms with Gasteiger partial charge in [0.25, 0.3) is 0 Å². The smallest absolute Gasteiger partial charge is 0.158 e. The van der Waals surface area contributed by atoms with Crippen LogP contribution in [0.3, 0.4) is 0 Å². The van der Waals surface area contributed by atoms with Crippen molar-refractivity contribution in [1.29, 1.82) is 0 Å². The average molecular weight is 235 g/mol. The van der Waals surface area contributed by atoms with Crippen LogP contribution in [0.2, 0.25) is 0 Å². The fourth-order valence-electron chi connectivity index (χ4n) is 2.01. The summed E-state index contributed by atoms with van der Waals surface area (Å²) < 4.78 is 0.837. The second-order valence-electron chi connectivity index (χ2n) is 3.84. The molecule has 1 heterocycles. The Morgan fingerprint density at radius 1 is 1.13 bits per heavy atom. The monoisotopic (exact) mass is 235 g/mol. The second kappa shape index (κ2) is 3.91. The molecule has 15 heavy (non-hydrogen) atoms. The average Bonchev–Trinajstić information content (AvgIpc) is 2.49. The number of thiazole rings is 1. The van der Waals surface area contributed by atoms with Crippen LogP contribution >= 0.6 is 23.6 Å². The van der Waals surface area contributed by atoms with Crippen LogP contribution in [0.4, 0.5) is 0 Å². The molecule has 0 aliphatic heterocycles. The Morgan fingerprint density at radius 3 is 2.20 bits per heavy atom. The number of aromatic nitrogens is 1. The van der Waals surface area contributed by atoms with Crippen molar-refractivity contribution < 1.29 is 0 Å². The highest BCUT2D eigenvalue weighted by Crippen LogP contribution is 2.28. The van der Waals surface area contributed by atoms with Gasteiger partial charge in [0.05, 0.1) is 5.69 Å². The molecule has 0 atom stereocenters. The van der Waals surface area contributed by atoms with Gasteiger partial charge >= 0.3 is 0 Å². The number of nitrogens with one attached hydrogen (secondary N) is 1. The molecule has 0 aliphatic rings. The standard InChI is InChI=1S/C12H13NS2/c1-7-4-8(2)11(9(3)5-7)10-6-15-12(14)13-10/h4-6H,1-3H3,(H,13,14).